The van der Waals surface area contributed by atoms with Gasteiger partial charge in [0, 0.05) is 22.4 Å². The number of nitrogens with one attached hydrogen (secondary N) is 1. The molecule has 1 N–H and O–H groups in total. The topological polar surface area (TPSA) is 23.8 Å². The Balaban J connectivity index is 0. The molecule has 0 aromatic rings. The maximum Gasteiger partial charge on any atom is 0 e. The molecule has 0 aliphatic carbocycles. The minimum Gasteiger partial charge on any atom is -0.677 e. The van der Waals surface area contributed by atoms with Crippen molar-refractivity contribution in [2.75, 3.05) is 6.54 Å². The average molecular weight is 239 g/mol. The van der Waals surface area contributed by atoms with Gasteiger partial charge in [-0.1, -0.05) is 13.3 Å². The van der Waals surface area contributed by atoms with E-state index >= 15 is 0 Å². The van der Waals surface area contributed by atoms with E-state index in [1.165, 1.54) is 0 Å². The summed E-state index contributed by atoms with van der Waals surface area (Å²) in [6, 6.07) is 0. The van der Waals surface area contributed by atoms with Gasteiger partial charge < -0.3 is 5.73 Å². The number of hydrogen-bond acceptors (Lipinski definition) is 0. The smallest absolute Gasteiger partial charge is 0 e. The monoisotopic (exact) mass is 239 g/mol. The van der Waals surface area contributed by atoms with Crippen LogP contribution < -0.4 is 0 Å². The fourth-order valence-electron chi connectivity index (χ4n) is 0. The van der Waals surface area contributed by atoms with Crippen LogP contribution in [-0.2, 0) is 22.4 Å². The second-order valence-electron chi connectivity index (χ2n) is 0.750. The summed E-state index contributed by atoms with van der Waals surface area (Å²) in [5.74, 6) is 0. The molecule has 0 heterocycles. The largest absolute Gasteiger partial charge is 0.677 e. The third-order valence-electron chi connectivity index (χ3n) is 0.250. The van der Waals surface area contributed by atoms with Crippen molar-refractivity contribution in [3.8, 4) is 0 Å². The van der Waals surface area contributed by atoms with E-state index in [0.717, 1.165) is 6.42 Å². The fraction of sp³-hybridized carbons (Fsp3) is 1.00. The van der Waals surface area contributed by atoms with Crippen molar-refractivity contribution in [3.63, 3.8) is 0 Å². The summed E-state index contributed by atoms with van der Waals surface area (Å²) in [5.41, 5.74) is 6.45. The third kappa shape index (κ3) is 11.9. The summed E-state index contributed by atoms with van der Waals surface area (Å²) in [6.45, 7) is 2.56. The first-order valence-electron chi connectivity index (χ1n) is 1.56. The normalized spacial score (nSPS) is 6.00. The van der Waals surface area contributed by atoms with Crippen LogP contribution >= 0.6 is 0 Å². The van der Waals surface area contributed by atoms with Crippen molar-refractivity contribution in [1.82, 2.24) is 0 Å². The van der Waals surface area contributed by atoms with Crippen LogP contribution in [0.15, 0.2) is 0 Å². The first kappa shape index (κ1) is 9.20. The van der Waals surface area contributed by atoms with Gasteiger partial charge in [-0.25, -0.2) is 0 Å². The molecule has 0 saturated carbocycles. The first-order valence-corrected chi connectivity index (χ1v) is 1.56. The van der Waals surface area contributed by atoms with Crippen LogP contribution in [0.3, 0.4) is 0 Å². The molecule has 1 nitrogen and oxygen atoms in total. The van der Waals surface area contributed by atoms with Crippen molar-refractivity contribution < 1.29 is 22.4 Å². The molecule has 1 radical (unpaired) electrons. The molecule has 0 saturated heterocycles. The molecule has 5 heavy (non-hydrogen) atoms. The van der Waals surface area contributed by atoms with Crippen molar-refractivity contribution in [2.24, 2.45) is 0 Å². The quantitative estimate of drug-likeness (QED) is 0.661. The molecule has 0 unspecified atom stereocenters. The molecule has 31 valence electrons. The molecule has 0 amide bonds. The standard InChI is InChI=1S/C3H8N.Ta/c1-2-3-4;/h4H,2-3H2,1H3;/q-1;. The SMILES string of the molecule is CCC[NH-].[Ta]. The van der Waals surface area contributed by atoms with Crippen LogP contribution in [0.25, 0.3) is 5.73 Å². The van der Waals surface area contributed by atoms with Crippen LogP contribution in [-0.4, -0.2) is 6.54 Å². The summed E-state index contributed by atoms with van der Waals surface area (Å²) >= 11 is 0. The molecule has 0 aliphatic rings. The van der Waals surface area contributed by atoms with E-state index < -0.39 is 0 Å². The Morgan fingerprint density at radius 1 is 1.60 bits per heavy atom. The van der Waals surface area contributed by atoms with Gasteiger partial charge in [0.2, 0.25) is 0 Å². The fourth-order valence-corrected chi connectivity index (χ4v) is 0. The Bertz CT molecular complexity index is 8.85. The summed E-state index contributed by atoms with van der Waals surface area (Å²) < 4.78 is 0. The molecular formula is C3H8NTa-. The van der Waals surface area contributed by atoms with E-state index in [1.54, 1.807) is 0 Å². The maximum absolute atomic E-state index is 6.45. The Morgan fingerprint density at radius 2 is 1.80 bits per heavy atom. The zero-order valence-corrected chi connectivity index (χ0v) is 6.57. The van der Waals surface area contributed by atoms with Crippen LogP contribution in [0.2, 0.25) is 0 Å². The molecule has 2 heteroatoms. The molecule has 0 aliphatic heterocycles. The second-order valence-corrected chi connectivity index (χ2v) is 0.750. The minimum atomic E-state index is 0. The predicted octanol–water partition coefficient (Wildman–Crippen LogP) is 1.45. The van der Waals surface area contributed by atoms with E-state index in [1.807, 2.05) is 6.92 Å². The summed E-state index contributed by atoms with van der Waals surface area (Å²) in [5, 5.41) is 0. The molecule has 0 atom stereocenters. The van der Waals surface area contributed by atoms with Gasteiger partial charge in [-0.2, -0.15) is 6.54 Å². The van der Waals surface area contributed by atoms with Crippen molar-refractivity contribution in [2.45, 2.75) is 13.3 Å². The van der Waals surface area contributed by atoms with Crippen molar-refractivity contribution in [1.29, 1.82) is 0 Å². The zero-order chi connectivity index (χ0) is 3.41. The average Bonchev–Trinajstić information content (AvgIpc) is 1.37. The Kier molecular flexibility index (Phi) is 16.2. The maximum atomic E-state index is 6.45. The molecule has 0 aromatic carbocycles. The van der Waals surface area contributed by atoms with Gasteiger partial charge in [0.1, 0.15) is 0 Å². The van der Waals surface area contributed by atoms with Gasteiger partial charge in [-0.15, -0.1) is 0 Å². The molecular weight excluding hydrogens is 231 g/mol. The minimum absolute atomic E-state index is 0. The van der Waals surface area contributed by atoms with Crippen LogP contribution in [0.4, 0.5) is 0 Å². The molecule has 0 fully saturated rings. The van der Waals surface area contributed by atoms with E-state index in [0.29, 0.717) is 6.54 Å². The number of rotatable bonds is 1. The molecule has 0 bridgehead atoms. The van der Waals surface area contributed by atoms with Gasteiger partial charge in [0.05, 0.1) is 0 Å². The zero-order valence-electron chi connectivity index (χ0n) is 3.36. The van der Waals surface area contributed by atoms with Crippen LogP contribution in [0.1, 0.15) is 13.3 Å². The van der Waals surface area contributed by atoms with E-state index in [-0.39, 0.29) is 22.4 Å². The van der Waals surface area contributed by atoms with Crippen LogP contribution in [0, 0.1) is 0 Å². The first-order chi connectivity index (χ1) is 1.91. The number of hydrogen-bond donors (Lipinski definition) is 0. The second kappa shape index (κ2) is 8.83. The third-order valence-corrected chi connectivity index (χ3v) is 0.250. The summed E-state index contributed by atoms with van der Waals surface area (Å²) in [7, 11) is 0. The van der Waals surface area contributed by atoms with Gasteiger partial charge in [-0.3, -0.25) is 0 Å². The van der Waals surface area contributed by atoms with E-state index in [9.17, 15) is 0 Å². The molecule has 0 rings (SSSR count). The molecule has 0 spiro atoms. The van der Waals surface area contributed by atoms with Gasteiger partial charge in [-0.05, 0) is 0 Å². The van der Waals surface area contributed by atoms with E-state index in [2.05, 4.69) is 0 Å². The van der Waals surface area contributed by atoms with Gasteiger partial charge >= 0.3 is 0 Å². The van der Waals surface area contributed by atoms with Crippen LogP contribution in [0.5, 0.6) is 0 Å². The van der Waals surface area contributed by atoms with Crippen molar-refractivity contribution >= 4 is 0 Å². The summed E-state index contributed by atoms with van der Waals surface area (Å²) in [4.78, 5) is 0. The van der Waals surface area contributed by atoms with Gasteiger partial charge in [0.15, 0.2) is 0 Å². The Hall–Kier alpha value is 0.700. The Labute approximate surface area is 48.4 Å². The predicted molar refractivity (Wildman–Crippen MR) is 19.5 cm³/mol. The molecule has 0 aromatic heterocycles. The van der Waals surface area contributed by atoms with Crippen molar-refractivity contribution in [3.05, 3.63) is 5.73 Å². The summed E-state index contributed by atoms with van der Waals surface area (Å²) in [6.07, 6.45) is 0.986. The Morgan fingerprint density at radius 3 is 1.80 bits per heavy atom. The van der Waals surface area contributed by atoms with E-state index in [4.69, 9.17) is 5.73 Å². The van der Waals surface area contributed by atoms with Gasteiger partial charge in [0.25, 0.3) is 0 Å².